The highest BCUT2D eigenvalue weighted by Gasteiger charge is 2.19. The third-order valence-electron chi connectivity index (χ3n) is 3.23. The van der Waals surface area contributed by atoms with Gasteiger partial charge in [-0.05, 0) is 23.6 Å². The van der Waals surface area contributed by atoms with Crippen LogP contribution in [0, 0.1) is 11.3 Å². The Bertz CT molecular complexity index is 913. The smallest absolute Gasteiger partial charge is 0.452 e. The van der Waals surface area contributed by atoms with E-state index in [0.717, 1.165) is 0 Å². The molecule has 0 aromatic heterocycles. The number of rotatable bonds is 3. The largest absolute Gasteiger partial charge is 0.511 e. The summed E-state index contributed by atoms with van der Waals surface area (Å²) >= 11 is 0. The molecule has 0 fully saturated rings. The number of fused-ring (bicyclic) bond motifs is 1. The van der Waals surface area contributed by atoms with Gasteiger partial charge in [0.25, 0.3) is 0 Å². The molecule has 0 saturated heterocycles. The fourth-order valence-corrected chi connectivity index (χ4v) is 2.27. The lowest BCUT2D eigenvalue weighted by Gasteiger charge is -2.14. The fraction of sp³-hybridized carbons (Fsp3) is 0. The Morgan fingerprint density at radius 3 is 2.39 bits per heavy atom. The quantitative estimate of drug-likeness (QED) is 0.566. The second-order valence-electron chi connectivity index (χ2n) is 4.70. The molecule has 1 N–H and O–H groups in total. The highest BCUT2D eigenvalue weighted by Crippen LogP contribution is 2.41. The van der Waals surface area contributed by atoms with Crippen molar-refractivity contribution in [1.82, 2.24) is 0 Å². The zero-order valence-corrected chi connectivity index (χ0v) is 11.9. The Balaban J connectivity index is 2.24. The van der Waals surface area contributed by atoms with Gasteiger partial charge in [0.05, 0.1) is 5.56 Å². The van der Waals surface area contributed by atoms with Crippen LogP contribution in [0.3, 0.4) is 0 Å². The SMILES string of the molecule is N#Cc1cc2ccccc2c(OC(=O)O)c1Oc1ccccc1. The molecule has 0 atom stereocenters. The monoisotopic (exact) mass is 305 g/mol. The molecule has 3 rings (SSSR count). The molecular formula is C18H11NO4. The Kier molecular flexibility index (Phi) is 3.81. The number of nitrogens with zero attached hydrogens (tertiary/aromatic N) is 1. The van der Waals surface area contributed by atoms with Crippen molar-refractivity contribution in [2.75, 3.05) is 0 Å². The van der Waals surface area contributed by atoms with Crippen molar-refractivity contribution in [2.24, 2.45) is 0 Å². The third kappa shape index (κ3) is 2.92. The molecule has 0 aliphatic heterocycles. The second kappa shape index (κ2) is 6.08. The van der Waals surface area contributed by atoms with Gasteiger partial charge < -0.3 is 14.6 Å². The van der Waals surface area contributed by atoms with Gasteiger partial charge in [-0.1, -0.05) is 42.5 Å². The highest BCUT2D eigenvalue weighted by atomic mass is 16.7. The number of para-hydroxylation sites is 1. The third-order valence-corrected chi connectivity index (χ3v) is 3.23. The van der Waals surface area contributed by atoms with Crippen molar-refractivity contribution in [1.29, 1.82) is 5.26 Å². The highest BCUT2D eigenvalue weighted by molar-refractivity contribution is 5.94. The maximum absolute atomic E-state index is 11.1. The summed E-state index contributed by atoms with van der Waals surface area (Å²) in [6.07, 6.45) is -1.47. The van der Waals surface area contributed by atoms with E-state index in [9.17, 15) is 10.1 Å². The molecule has 0 amide bonds. The van der Waals surface area contributed by atoms with Gasteiger partial charge in [-0.25, -0.2) is 4.79 Å². The lowest BCUT2D eigenvalue weighted by molar-refractivity contribution is 0.144. The summed E-state index contributed by atoms with van der Waals surface area (Å²) in [7, 11) is 0. The van der Waals surface area contributed by atoms with Gasteiger partial charge in [0.2, 0.25) is 0 Å². The van der Waals surface area contributed by atoms with Gasteiger partial charge in [0.15, 0.2) is 11.5 Å². The van der Waals surface area contributed by atoms with Crippen molar-refractivity contribution in [2.45, 2.75) is 0 Å². The molecular weight excluding hydrogens is 294 g/mol. The van der Waals surface area contributed by atoms with Crippen molar-refractivity contribution in [3.05, 3.63) is 66.2 Å². The number of hydrogen-bond donors (Lipinski definition) is 1. The molecule has 0 radical (unpaired) electrons. The second-order valence-corrected chi connectivity index (χ2v) is 4.70. The maximum atomic E-state index is 11.1. The first-order valence-electron chi connectivity index (χ1n) is 6.78. The first-order valence-corrected chi connectivity index (χ1v) is 6.78. The van der Waals surface area contributed by atoms with Crippen LogP contribution in [0.4, 0.5) is 4.79 Å². The Morgan fingerprint density at radius 2 is 1.70 bits per heavy atom. The van der Waals surface area contributed by atoms with Gasteiger partial charge in [-0.2, -0.15) is 5.26 Å². The molecule has 0 aliphatic rings. The molecule has 0 aliphatic carbocycles. The van der Waals surface area contributed by atoms with E-state index in [-0.39, 0.29) is 17.1 Å². The number of carboxylic acid groups (broad SMARTS) is 1. The molecule has 0 unspecified atom stereocenters. The summed E-state index contributed by atoms with van der Waals surface area (Å²) in [5.41, 5.74) is 0.198. The molecule has 5 nitrogen and oxygen atoms in total. The number of carbonyl (C=O) groups is 1. The van der Waals surface area contributed by atoms with E-state index in [2.05, 4.69) is 0 Å². The van der Waals surface area contributed by atoms with Gasteiger partial charge in [0.1, 0.15) is 11.8 Å². The summed E-state index contributed by atoms with van der Waals surface area (Å²) < 4.78 is 10.6. The summed E-state index contributed by atoms with van der Waals surface area (Å²) in [6, 6.07) is 19.5. The van der Waals surface area contributed by atoms with Crippen molar-refractivity contribution >= 4 is 16.9 Å². The maximum Gasteiger partial charge on any atom is 0.511 e. The Labute approximate surface area is 131 Å². The van der Waals surface area contributed by atoms with Crippen LogP contribution in [0.5, 0.6) is 17.2 Å². The van der Waals surface area contributed by atoms with Gasteiger partial charge in [-0.15, -0.1) is 0 Å². The average Bonchev–Trinajstić information content (AvgIpc) is 2.57. The first-order chi connectivity index (χ1) is 11.2. The predicted octanol–water partition coefficient (Wildman–Crippen LogP) is 4.56. The Hall–Kier alpha value is -3.52. The molecule has 0 heterocycles. The van der Waals surface area contributed by atoms with Gasteiger partial charge in [-0.3, -0.25) is 0 Å². The molecule has 0 bridgehead atoms. The minimum Gasteiger partial charge on any atom is -0.452 e. The summed E-state index contributed by atoms with van der Waals surface area (Å²) in [5.74, 6) is 0.574. The normalized spacial score (nSPS) is 10.0. The molecule has 0 saturated carbocycles. The minimum atomic E-state index is -1.47. The zero-order valence-electron chi connectivity index (χ0n) is 11.9. The van der Waals surface area contributed by atoms with Crippen molar-refractivity contribution < 1.29 is 19.4 Å². The van der Waals surface area contributed by atoms with E-state index in [4.69, 9.17) is 14.6 Å². The van der Waals surface area contributed by atoms with Crippen LogP contribution in [0.1, 0.15) is 5.56 Å². The minimum absolute atomic E-state index is 0.0102. The Morgan fingerprint density at radius 1 is 1.00 bits per heavy atom. The van der Waals surface area contributed by atoms with Crippen LogP contribution in [0.15, 0.2) is 60.7 Å². The van der Waals surface area contributed by atoms with E-state index in [1.807, 2.05) is 12.1 Å². The van der Waals surface area contributed by atoms with Crippen LogP contribution in [0.2, 0.25) is 0 Å². The summed E-state index contributed by atoms with van der Waals surface area (Å²) in [6.45, 7) is 0. The van der Waals surface area contributed by atoms with Crippen LogP contribution in [-0.2, 0) is 0 Å². The van der Waals surface area contributed by atoms with Crippen LogP contribution >= 0.6 is 0 Å². The van der Waals surface area contributed by atoms with Gasteiger partial charge in [0, 0.05) is 5.39 Å². The van der Waals surface area contributed by atoms with Crippen LogP contribution in [-0.4, -0.2) is 11.3 Å². The molecule has 3 aromatic carbocycles. The standard InChI is InChI=1S/C18H11NO4/c19-11-13-10-12-6-4-5-9-15(12)17(23-18(20)21)16(13)22-14-7-2-1-3-8-14/h1-10H,(H,20,21). The topological polar surface area (TPSA) is 79.5 Å². The van der Waals surface area contributed by atoms with E-state index in [1.165, 1.54) is 0 Å². The van der Waals surface area contributed by atoms with Crippen molar-refractivity contribution in [3.63, 3.8) is 0 Å². The zero-order chi connectivity index (χ0) is 16.2. The van der Waals surface area contributed by atoms with Gasteiger partial charge >= 0.3 is 6.16 Å². The first kappa shape index (κ1) is 14.4. The van der Waals surface area contributed by atoms with Crippen molar-refractivity contribution in [3.8, 4) is 23.3 Å². The lowest BCUT2D eigenvalue weighted by Crippen LogP contribution is -2.06. The lowest BCUT2D eigenvalue weighted by atomic mass is 10.0. The molecule has 3 aromatic rings. The fourth-order valence-electron chi connectivity index (χ4n) is 2.27. The van der Waals surface area contributed by atoms with Crippen LogP contribution in [0.25, 0.3) is 10.8 Å². The van der Waals surface area contributed by atoms with E-state index < -0.39 is 6.16 Å². The molecule has 5 heteroatoms. The summed E-state index contributed by atoms with van der Waals surface area (Å²) in [4.78, 5) is 11.1. The average molecular weight is 305 g/mol. The molecule has 23 heavy (non-hydrogen) atoms. The summed E-state index contributed by atoms with van der Waals surface area (Å²) in [5, 5.41) is 19.7. The number of hydrogen-bond acceptors (Lipinski definition) is 4. The number of nitriles is 1. The van der Waals surface area contributed by atoms with E-state index in [0.29, 0.717) is 16.5 Å². The number of benzene rings is 3. The van der Waals surface area contributed by atoms with Crippen LogP contribution < -0.4 is 9.47 Å². The van der Waals surface area contributed by atoms with E-state index >= 15 is 0 Å². The van der Waals surface area contributed by atoms with E-state index in [1.54, 1.807) is 54.6 Å². The number of ether oxygens (including phenoxy) is 2. The molecule has 0 spiro atoms. The molecule has 112 valence electrons. The predicted molar refractivity (Wildman–Crippen MR) is 83.8 cm³/mol.